The zero-order chi connectivity index (χ0) is 35.0. The molecule has 2 aliphatic rings. The molecule has 1 saturated heterocycles. The van der Waals surface area contributed by atoms with Crippen LogP contribution in [-0.4, -0.2) is 89.1 Å². The Labute approximate surface area is 290 Å². The summed E-state index contributed by atoms with van der Waals surface area (Å²) < 4.78 is 41.8. The monoisotopic (exact) mass is 718 g/mol. The maximum Gasteiger partial charge on any atom is 0.410 e. The molecule has 0 spiro atoms. The highest BCUT2D eigenvalue weighted by molar-refractivity contribution is 7.93. The van der Waals surface area contributed by atoms with Crippen molar-refractivity contribution in [1.29, 1.82) is 0 Å². The summed E-state index contributed by atoms with van der Waals surface area (Å²) in [5.41, 5.74) is -0.315. The third-order valence-corrected chi connectivity index (χ3v) is 10.0. The lowest BCUT2D eigenvalue weighted by Crippen LogP contribution is -2.50. The minimum absolute atomic E-state index is 0.0254. The van der Waals surface area contributed by atoms with Gasteiger partial charge in [-0.25, -0.2) is 23.2 Å². The molecule has 0 radical (unpaired) electrons. The number of sulfonamides is 1. The highest BCUT2D eigenvalue weighted by Crippen LogP contribution is 2.33. The van der Waals surface area contributed by atoms with E-state index < -0.39 is 39.0 Å². The summed E-state index contributed by atoms with van der Waals surface area (Å²) in [4.78, 5) is 38.4. The number of fused-ring (bicyclic) bond motifs is 1. The van der Waals surface area contributed by atoms with Crippen LogP contribution in [0.15, 0.2) is 65.1 Å². The van der Waals surface area contributed by atoms with Crippen molar-refractivity contribution in [2.75, 3.05) is 41.9 Å². The van der Waals surface area contributed by atoms with E-state index in [1.807, 2.05) is 37.6 Å². The third-order valence-electron chi connectivity index (χ3n) is 7.51. The Balaban J connectivity index is 1.36. The average Bonchev–Trinajstić information content (AvgIpc) is 3.41. The van der Waals surface area contributed by atoms with Gasteiger partial charge in [-0.05, 0) is 78.0 Å². The lowest BCUT2D eigenvalue weighted by atomic mass is 10.2. The standard InChI is InChI=1S/C33H40Cl2N6O6S/c1-32(2,3)46-30(42)21-41(48(44,45)26-17-23(34)16-24(35)18-26)25-7-8-27-22(15-25)9-10-40(27)29-20-36-28(19-37-29)38-11-13-39(14-12-38)31(43)47-33(4,5)6/h7-10,15-17,19-20,26H,11-14,18,21H2,1-6H3. The molecule has 1 unspecified atom stereocenters. The van der Waals surface area contributed by atoms with Gasteiger partial charge in [0.05, 0.1) is 23.6 Å². The number of allylic oxidation sites excluding steroid dienone is 3. The van der Waals surface area contributed by atoms with Crippen LogP contribution in [0.3, 0.4) is 0 Å². The topological polar surface area (TPSA) is 127 Å². The molecule has 0 bridgehead atoms. The van der Waals surface area contributed by atoms with Crippen molar-refractivity contribution >= 4 is 67.7 Å². The van der Waals surface area contributed by atoms with Gasteiger partial charge >= 0.3 is 12.1 Å². The van der Waals surface area contributed by atoms with E-state index in [1.165, 1.54) is 12.2 Å². The number of anilines is 2. The Morgan fingerprint density at radius 2 is 1.58 bits per heavy atom. The minimum Gasteiger partial charge on any atom is -0.459 e. The van der Waals surface area contributed by atoms with Gasteiger partial charge < -0.3 is 19.3 Å². The Morgan fingerprint density at radius 3 is 2.19 bits per heavy atom. The number of esters is 1. The van der Waals surface area contributed by atoms with Crippen LogP contribution < -0.4 is 9.21 Å². The number of rotatable bonds is 7. The van der Waals surface area contributed by atoms with E-state index in [0.29, 0.717) is 42.8 Å². The summed E-state index contributed by atoms with van der Waals surface area (Å²) in [5.74, 6) is 0.560. The van der Waals surface area contributed by atoms with E-state index in [1.54, 1.807) is 56.3 Å². The number of amides is 1. The van der Waals surface area contributed by atoms with Gasteiger partial charge in [0, 0.05) is 54.2 Å². The number of benzene rings is 1. The first-order valence-corrected chi connectivity index (χ1v) is 17.8. The maximum absolute atomic E-state index is 14.0. The molecule has 1 aromatic carbocycles. The fourth-order valence-corrected chi connectivity index (χ4v) is 7.91. The van der Waals surface area contributed by atoms with Gasteiger partial charge in [0.25, 0.3) is 0 Å². The molecule has 2 aromatic heterocycles. The van der Waals surface area contributed by atoms with E-state index in [4.69, 9.17) is 32.7 Å². The summed E-state index contributed by atoms with van der Waals surface area (Å²) in [6.07, 6.45) is 7.80. The number of carbonyl (C=O) groups excluding carboxylic acids is 2. The molecule has 1 atom stereocenters. The van der Waals surface area contributed by atoms with E-state index in [-0.39, 0.29) is 23.2 Å². The second-order valence-corrected chi connectivity index (χ2v) is 16.6. The van der Waals surface area contributed by atoms with Crippen LogP contribution in [0.2, 0.25) is 0 Å². The van der Waals surface area contributed by atoms with Gasteiger partial charge in [-0.15, -0.1) is 0 Å². The summed E-state index contributed by atoms with van der Waals surface area (Å²) in [7, 11) is -4.16. The van der Waals surface area contributed by atoms with Gasteiger partial charge in [-0.3, -0.25) is 13.7 Å². The Hall–Kier alpha value is -3.81. The molecule has 48 heavy (non-hydrogen) atoms. The highest BCUT2D eigenvalue weighted by Gasteiger charge is 2.36. The predicted molar refractivity (Wildman–Crippen MR) is 187 cm³/mol. The summed E-state index contributed by atoms with van der Waals surface area (Å²) in [5, 5.41) is 0.159. The van der Waals surface area contributed by atoms with Gasteiger partial charge in [-0.1, -0.05) is 23.2 Å². The quantitative estimate of drug-likeness (QED) is 0.272. The van der Waals surface area contributed by atoms with Crippen molar-refractivity contribution in [1.82, 2.24) is 19.4 Å². The van der Waals surface area contributed by atoms with Gasteiger partial charge in [-0.2, -0.15) is 0 Å². The van der Waals surface area contributed by atoms with Crippen LogP contribution in [0.1, 0.15) is 48.0 Å². The normalized spacial score (nSPS) is 17.5. The number of halogens is 2. The largest absolute Gasteiger partial charge is 0.459 e. The molecule has 12 nitrogen and oxygen atoms in total. The number of carbonyl (C=O) groups is 2. The SMILES string of the molecule is CC(C)(C)OC(=O)CN(c1ccc2c(ccn2-c2cnc(N3CCN(C(=O)OC(C)(C)C)CC3)cn2)c1)S(=O)(=O)C1C=C(Cl)C=C(Cl)C1. The molecule has 258 valence electrons. The zero-order valence-corrected chi connectivity index (χ0v) is 30.1. The van der Waals surface area contributed by atoms with E-state index in [0.717, 1.165) is 15.2 Å². The second kappa shape index (κ2) is 13.6. The third kappa shape index (κ3) is 8.42. The lowest BCUT2D eigenvalue weighted by Gasteiger charge is -2.36. The van der Waals surface area contributed by atoms with Crippen LogP contribution in [-0.2, 0) is 24.3 Å². The van der Waals surface area contributed by atoms with Crippen LogP contribution >= 0.6 is 23.2 Å². The lowest BCUT2D eigenvalue weighted by molar-refractivity contribution is -0.152. The molecular weight excluding hydrogens is 679 g/mol. The van der Waals surface area contributed by atoms with E-state index in [2.05, 4.69) is 14.9 Å². The summed E-state index contributed by atoms with van der Waals surface area (Å²) in [6, 6.07) is 6.94. The zero-order valence-electron chi connectivity index (χ0n) is 27.8. The molecule has 1 fully saturated rings. The van der Waals surface area contributed by atoms with Crippen molar-refractivity contribution < 1.29 is 27.5 Å². The molecule has 1 aliphatic carbocycles. The van der Waals surface area contributed by atoms with Gasteiger partial charge in [0.2, 0.25) is 10.0 Å². The Kier molecular flexibility index (Phi) is 10.1. The van der Waals surface area contributed by atoms with Crippen molar-refractivity contribution in [3.05, 3.63) is 65.1 Å². The first-order chi connectivity index (χ1) is 22.4. The maximum atomic E-state index is 14.0. The molecule has 1 amide bonds. The van der Waals surface area contributed by atoms with Crippen LogP contribution in [0, 0.1) is 0 Å². The van der Waals surface area contributed by atoms with Crippen molar-refractivity contribution in [3.8, 4) is 5.82 Å². The summed E-state index contributed by atoms with van der Waals surface area (Å²) in [6.45, 7) is 12.4. The van der Waals surface area contributed by atoms with Crippen molar-refractivity contribution in [2.45, 2.75) is 64.4 Å². The highest BCUT2D eigenvalue weighted by atomic mass is 35.5. The van der Waals surface area contributed by atoms with Gasteiger partial charge in [0.15, 0.2) is 5.82 Å². The predicted octanol–water partition coefficient (Wildman–Crippen LogP) is 5.97. The van der Waals surface area contributed by atoms with Crippen molar-refractivity contribution in [3.63, 3.8) is 0 Å². The summed E-state index contributed by atoms with van der Waals surface area (Å²) >= 11 is 12.4. The first kappa shape index (κ1) is 35.5. The van der Waals surface area contributed by atoms with Crippen molar-refractivity contribution in [2.24, 2.45) is 0 Å². The smallest absolute Gasteiger partial charge is 0.410 e. The second-order valence-electron chi connectivity index (χ2n) is 13.6. The first-order valence-electron chi connectivity index (χ1n) is 15.5. The number of aromatic nitrogens is 3. The van der Waals surface area contributed by atoms with Crippen LogP contribution in [0.5, 0.6) is 0 Å². The number of piperazine rings is 1. The Bertz CT molecular complexity index is 1850. The van der Waals surface area contributed by atoms with Gasteiger partial charge in [0.1, 0.15) is 28.8 Å². The number of nitrogens with zero attached hydrogens (tertiary/aromatic N) is 6. The molecule has 3 heterocycles. The van der Waals surface area contributed by atoms with E-state index >= 15 is 0 Å². The van der Waals surface area contributed by atoms with Crippen LogP contribution in [0.4, 0.5) is 16.3 Å². The number of hydrogen-bond donors (Lipinski definition) is 0. The molecular formula is C33H40Cl2N6O6S. The van der Waals surface area contributed by atoms with E-state index in [9.17, 15) is 18.0 Å². The fourth-order valence-electron chi connectivity index (χ4n) is 5.39. The number of ether oxygens (including phenoxy) is 2. The molecule has 1 aliphatic heterocycles. The number of hydrogen-bond acceptors (Lipinski definition) is 9. The Morgan fingerprint density at radius 1 is 0.938 bits per heavy atom. The fraction of sp³-hybridized carbons (Fsp3) is 0.455. The van der Waals surface area contributed by atoms with Crippen LogP contribution in [0.25, 0.3) is 16.7 Å². The molecule has 5 rings (SSSR count). The molecule has 0 N–H and O–H groups in total. The molecule has 15 heteroatoms. The molecule has 0 saturated carbocycles. The molecule has 3 aromatic rings. The minimum atomic E-state index is -4.16. The average molecular weight is 720 g/mol.